The molecule has 17 heavy (non-hydrogen) atoms. The van der Waals surface area contributed by atoms with Crippen LogP contribution in [0.4, 0.5) is 4.39 Å². The van der Waals surface area contributed by atoms with Crippen molar-refractivity contribution in [3.05, 3.63) is 29.3 Å². The summed E-state index contributed by atoms with van der Waals surface area (Å²) in [5.41, 5.74) is 0.601. The highest BCUT2D eigenvalue weighted by molar-refractivity contribution is 8.00. The van der Waals surface area contributed by atoms with E-state index in [0.29, 0.717) is 16.2 Å². The van der Waals surface area contributed by atoms with Crippen molar-refractivity contribution in [1.29, 1.82) is 0 Å². The quantitative estimate of drug-likeness (QED) is 0.835. The minimum atomic E-state index is -0.838. The van der Waals surface area contributed by atoms with Gasteiger partial charge < -0.3 is 5.11 Å². The van der Waals surface area contributed by atoms with Crippen molar-refractivity contribution in [3.8, 4) is 0 Å². The largest absolute Gasteiger partial charge is 0.383 e. The molecule has 92 valence electrons. The van der Waals surface area contributed by atoms with Crippen molar-refractivity contribution in [3.63, 3.8) is 0 Å². The molecule has 0 aliphatic carbocycles. The Labute approximate surface area is 105 Å². The molecule has 2 nitrogen and oxygen atoms in total. The van der Waals surface area contributed by atoms with E-state index in [9.17, 15) is 9.50 Å². The predicted molar refractivity (Wildman–Crippen MR) is 66.5 cm³/mol. The van der Waals surface area contributed by atoms with Crippen LogP contribution in [0.3, 0.4) is 0 Å². The molecule has 1 aromatic rings. The fourth-order valence-corrected chi connectivity index (χ4v) is 4.97. The van der Waals surface area contributed by atoms with E-state index in [1.165, 1.54) is 25.1 Å². The number of nitrogens with zero attached hydrogens (tertiary/aromatic N) is 1. The molecular formula is C13H16FNOS. The van der Waals surface area contributed by atoms with Crippen LogP contribution in [-0.2, 0) is 5.60 Å². The van der Waals surface area contributed by atoms with Gasteiger partial charge in [-0.05, 0) is 44.2 Å². The molecule has 2 bridgehead atoms. The van der Waals surface area contributed by atoms with Crippen LogP contribution in [0.2, 0.25) is 0 Å². The van der Waals surface area contributed by atoms with Crippen molar-refractivity contribution < 1.29 is 9.50 Å². The zero-order valence-electron chi connectivity index (χ0n) is 9.82. The van der Waals surface area contributed by atoms with E-state index in [-0.39, 0.29) is 5.82 Å². The first kappa shape index (κ1) is 11.5. The monoisotopic (exact) mass is 253 g/mol. The van der Waals surface area contributed by atoms with Gasteiger partial charge in [0.1, 0.15) is 11.4 Å². The lowest BCUT2D eigenvalue weighted by molar-refractivity contribution is 0.0146. The zero-order chi connectivity index (χ0) is 12.0. The molecule has 2 saturated heterocycles. The second-order valence-electron chi connectivity index (χ2n) is 5.22. The Hall–Kier alpha value is -0.610. The van der Waals surface area contributed by atoms with Gasteiger partial charge in [-0.1, -0.05) is 0 Å². The van der Waals surface area contributed by atoms with Gasteiger partial charge in [0.15, 0.2) is 0 Å². The van der Waals surface area contributed by atoms with Gasteiger partial charge >= 0.3 is 0 Å². The Morgan fingerprint density at radius 2 is 2.06 bits per heavy atom. The molecule has 0 aromatic carbocycles. The minimum absolute atomic E-state index is 0.331. The van der Waals surface area contributed by atoms with E-state index in [1.54, 1.807) is 0 Å². The van der Waals surface area contributed by atoms with Crippen LogP contribution in [0, 0.1) is 12.7 Å². The molecule has 3 rings (SSSR count). The molecule has 0 saturated carbocycles. The number of fused-ring (bicyclic) bond motifs is 2. The number of halogens is 1. The van der Waals surface area contributed by atoms with E-state index in [4.69, 9.17) is 0 Å². The van der Waals surface area contributed by atoms with Gasteiger partial charge in [0.05, 0.1) is 11.9 Å². The molecule has 0 amide bonds. The molecule has 4 heteroatoms. The number of hydrogen-bond donors (Lipinski definition) is 1. The maximum Gasteiger partial charge on any atom is 0.141 e. The lowest BCUT2D eigenvalue weighted by atomic mass is 9.87. The molecule has 2 fully saturated rings. The summed E-state index contributed by atoms with van der Waals surface area (Å²) in [5, 5.41) is 11.9. The Morgan fingerprint density at radius 1 is 1.41 bits per heavy atom. The second-order valence-corrected chi connectivity index (χ2v) is 6.82. The summed E-state index contributed by atoms with van der Waals surface area (Å²) in [7, 11) is 0. The number of thioether (sulfide) groups is 1. The summed E-state index contributed by atoms with van der Waals surface area (Å²) in [5.74, 6) is -0.331. The van der Waals surface area contributed by atoms with E-state index in [0.717, 1.165) is 18.4 Å². The fraction of sp³-hybridized carbons (Fsp3) is 0.615. The van der Waals surface area contributed by atoms with E-state index >= 15 is 0 Å². The molecule has 3 heterocycles. The topological polar surface area (TPSA) is 33.1 Å². The maximum atomic E-state index is 13.1. The molecular weight excluding hydrogens is 237 g/mol. The highest BCUT2D eigenvalue weighted by Crippen LogP contribution is 2.51. The first-order chi connectivity index (χ1) is 8.07. The van der Waals surface area contributed by atoms with Gasteiger partial charge in [-0.15, -0.1) is 0 Å². The average molecular weight is 253 g/mol. The van der Waals surface area contributed by atoms with Crippen molar-refractivity contribution in [2.75, 3.05) is 0 Å². The summed E-state index contributed by atoms with van der Waals surface area (Å²) < 4.78 is 13.1. The van der Waals surface area contributed by atoms with Gasteiger partial charge in [0.25, 0.3) is 0 Å². The molecule has 2 aliphatic heterocycles. The minimum Gasteiger partial charge on any atom is -0.383 e. The van der Waals surface area contributed by atoms with Crippen molar-refractivity contribution >= 4 is 11.8 Å². The first-order valence-corrected chi connectivity index (χ1v) is 7.01. The summed E-state index contributed by atoms with van der Waals surface area (Å²) in [6.07, 6.45) is 5.11. The molecule has 2 atom stereocenters. The molecule has 2 aliphatic rings. The normalized spacial score (nSPS) is 36.2. The van der Waals surface area contributed by atoms with Gasteiger partial charge in [0, 0.05) is 10.5 Å². The Bertz CT molecular complexity index is 439. The Balaban J connectivity index is 1.97. The predicted octanol–water partition coefficient (Wildman–Crippen LogP) is 2.77. The SMILES string of the molecule is Cc1cc(F)cnc1C1(O)CC2CCC(C1)S2. The standard InChI is InChI=1S/C13H16FNOS/c1-8-4-9(14)7-15-12(8)13(16)5-10-2-3-11(6-13)17-10/h4,7,10-11,16H,2-3,5-6H2,1H3. The third kappa shape index (κ3) is 1.97. The van der Waals surface area contributed by atoms with Gasteiger partial charge in [0.2, 0.25) is 0 Å². The first-order valence-electron chi connectivity index (χ1n) is 6.07. The summed E-state index contributed by atoms with van der Waals surface area (Å²) in [6, 6.07) is 1.46. The lowest BCUT2D eigenvalue weighted by Crippen LogP contribution is -2.36. The van der Waals surface area contributed by atoms with Crippen LogP contribution >= 0.6 is 11.8 Å². The number of aliphatic hydroxyl groups is 1. The van der Waals surface area contributed by atoms with Crippen LogP contribution < -0.4 is 0 Å². The third-order valence-electron chi connectivity index (χ3n) is 3.81. The number of rotatable bonds is 1. The average Bonchev–Trinajstić information content (AvgIpc) is 2.58. The number of pyridine rings is 1. The Morgan fingerprint density at radius 3 is 2.65 bits per heavy atom. The molecule has 0 spiro atoms. The summed E-state index contributed by atoms with van der Waals surface area (Å²) in [6.45, 7) is 1.83. The number of hydrogen-bond acceptors (Lipinski definition) is 3. The molecule has 1 aromatic heterocycles. The maximum absolute atomic E-state index is 13.1. The summed E-state index contributed by atoms with van der Waals surface area (Å²) in [4.78, 5) is 4.14. The van der Waals surface area contributed by atoms with Crippen LogP contribution in [0.15, 0.2) is 12.3 Å². The molecule has 0 radical (unpaired) electrons. The van der Waals surface area contributed by atoms with E-state index < -0.39 is 5.60 Å². The molecule has 1 N–H and O–H groups in total. The number of aryl methyl sites for hydroxylation is 1. The van der Waals surface area contributed by atoms with Crippen molar-refractivity contribution in [2.24, 2.45) is 0 Å². The number of aromatic nitrogens is 1. The highest BCUT2D eigenvalue weighted by atomic mass is 32.2. The van der Waals surface area contributed by atoms with E-state index in [1.807, 2.05) is 18.7 Å². The summed E-state index contributed by atoms with van der Waals surface area (Å²) >= 11 is 2.00. The van der Waals surface area contributed by atoms with Gasteiger partial charge in [-0.3, -0.25) is 4.98 Å². The van der Waals surface area contributed by atoms with Crippen molar-refractivity contribution in [2.45, 2.75) is 48.7 Å². The zero-order valence-corrected chi connectivity index (χ0v) is 10.6. The van der Waals surface area contributed by atoms with Crippen molar-refractivity contribution in [1.82, 2.24) is 4.98 Å². The fourth-order valence-electron chi connectivity index (χ4n) is 3.14. The molecule has 2 unspecified atom stereocenters. The second kappa shape index (κ2) is 3.95. The Kier molecular flexibility index (Phi) is 2.67. The van der Waals surface area contributed by atoms with Crippen LogP contribution in [0.5, 0.6) is 0 Å². The highest BCUT2D eigenvalue weighted by Gasteiger charge is 2.45. The lowest BCUT2D eigenvalue weighted by Gasteiger charge is -2.36. The van der Waals surface area contributed by atoms with Crippen LogP contribution in [-0.4, -0.2) is 20.6 Å². The van der Waals surface area contributed by atoms with Crippen LogP contribution in [0.25, 0.3) is 0 Å². The smallest absolute Gasteiger partial charge is 0.141 e. The van der Waals surface area contributed by atoms with Gasteiger partial charge in [-0.2, -0.15) is 11.8 Å². The van der Waals surface area contributed by atoms with E-state index in [2.05, 4.69) is 4.98 Å². The third-order valence-corrected chi connectivity index (χ3v) is 5.39. The van der Waals surface area contributed by atoms with Crippen LogP contribution in [0.1, 0.15) is 36.9 Å². The van der Waals surface area contributed by atoms with Gasteiger partial charge in [-0.25, -0.2) is 4.39 Å².